The van der Waals surface area contributed by atoms with Crippen LogP contribution >= 0.6 is 0 Å². The highest BCUT2D eigenvalue weighted by Gasteiger charge is 2.22. The van der Waals surface area contributed by atoms with Crippen molar-refractivity contribution < 1.29 is 15.0 Å². The lowest BCUT2D eigenvalue weighted by Gasteiger charge is -2.15. The second kappa shape index (κ2) is 5.14. The van der Waals surface area contributed by atoms with Gasteiger partial charge in [0.2, 0.25) is 0 Å². The monoisotopic (exact) mass is 174 g/mol. The zero-order valence-corrected chi connectivity index (χ0v) is 7.95. The molecule has 0 bridgehead atoms. The predicted molar refractivity (Wildman–Crippen MR) is 46.9 cm³/mol. The summed E-state index contributed by atoms with van der Waals surface area (Å²) in [5.74, 6) is -1.01. The van der Waals surface area contributed by atoms with Gasteiger partial charge in [-0.1, -0.05) is 20.3 Å². The summed E-state index contributed by atoms with van der Waals surface area (Å²) in [5, 5.41) is 17.8. The van der Waals surface area contributed by atoms with Crippen molar-refractivity contribution in [3.05, 3.63) is 0 Å². The van der Waals surface area contributed by atoms with E-state index in [-0.39, 0.29) is 0 Å². The molecular weight excluding hydrogens is 156 g/mol. The Bertz CT molecular complexity index is 141. The van der Waals surface area contributed by atoms with E-state index in [0.717, 1.165) is 6.42 Å². The first kappa shape index (κ1) is 11.4. The van der Waals surface area contributed by atoms with Gasteiger partial charge in [0.15, 0.2) is 0 Å². The Morgan fingerprint density at radius 1 is 1.25 bits per heavy atom. The van der Waals surface area contributed by atoms with Gasteiger partial charge in [0, 0.05) is 0 Å². The van der Waals surface area contributed by atoms with E-state index in [2.05, 4.69) is 0 Å². The first-order chi connectivity index (χ1) is 5.45. The van der Waals surface area contributed by atoms with Crippen LogP contribution in [-0.2, 0) is 4.79 Å². The minimum Gasteiger partial charge on any atom is -0.481 e. The number of aliphatic carboxylic acids is 1. The average molecular weight is 174 g/mol. The van der Waals surface area contributed by atoms with Crippen molar-refractivity contribution in [3.63, 3.8) is 0 Å². The maximum atomic E-state index is 10.6. The van der Waals surface area contributed by atoms with E-state index in [9.17, 15) is 4.79 Å². The molecule has 72 valence electrons. The number of carboxylic acid groups (broad SMARTS) is 1. The van der Waals surface area contributed by atoms with E-state index >= 15 is 0 Å². The lowest BCUT2D eigenvalue weighted by atomic mass is 9.94. The molecule has 3 heteroatoms. The SMILES string of the molecule is CC(C)CC[C@H](C(=O)O)[C@H](C)O. The lowest BCUT2D eigenvalue weighted by molar-refractivity contribution is -0.145. The fourth-order valence-electron chi connectivity index (χ4n) is 1.08. The van der Waals surface area contributed by atoms with Crippen molar-refractivity contribution in [3.8, 4) is 0 Å². The van der Waals surface area contributed by atoms with Crippen molar-refractivity contribution in [2.45, 2.75) is 39.7 Å². The summed E-state index contributed by atoms with van der Waals surface area (Å²) in [7, 11) is 0. The fraction of sp³-hybridized carbons (Fsp3) is 0.889. The lowest BCUT2D eigenvalue weighted by Crippen LogP contribution is -2.25. The van der Waals surface area contributed by atoms with Crippen LogP contribution < -0.4 is 0 Å². The number of carbonyl (C=O) groups is 1. The molecule has 0 fully saturated rings. The molecular formula is C9H18O3. The standard InChI is InChI=1S/C9H18O3/c1-6(2)4-5-8(7(3)10)9(11)12/h6-8,10H,4-5H2,1-3H3,(H,11,12)/t7-,8-/m0/s1. The molecule has 0 aliphatic rings. The normalized spacial score (nSPS) is 16.1. The highest BCUT2D eigenvalue weighted by Crippen LogP contribution is 2.15. The van der Waals surface area contributed by atoms with Gasteiger partial charge < -0.3 is 10.2 Å². The summed E-state index contributed by atoms with van der Waals surface area (Å²) in [6, 6.07) is 0. The van der Waals surface area contributed by atoms with E-state index in [4.69, 9.17) is 10.2 Å². The zero-order valence-electron chi connectivity index (χ0n) is 7.95. The van der Waals surface area contributed by atoms with Gasteiger partial charge in [-0.25, -0.2) is 0 Å². The Morgan fingerprint density at radius 2 is 1.75 bits per heavy atom. The van der Waals surface area contributed by atoms with Gasteiger partial charge >= 0.3 is 5.97 Å². The minimum atomic E-state index is -0.898. The van der Waals surface area contributed by atoms with Crippen LogP contribution in [0.5, 0.6) is 0 Å². The molecule has 0 aliphatic carbocycles. The maximum absolute atomic E-state index is 10.6. The Hall–Kier alpha value is -0.570. The molecule has 0 aromatic carbocycles. The second-order valence-corrected chi connectivity index (χ2v) is 3.66. The van der Waals surface area contributed by atoms with E-state index in [1.54, 1.807) is 0 Å². The number of aliphatic hydroxyl groups excluding tert-OH is 1. The third-order valence-electron chi connectivity index (χ3n) is 1.95. The van der Waals surface area contributed by atoms with Gasteiger partial charge in [0.1, 0.15) is 0 Å². The molecule has 0 radical (unpaired) electrons. The fourth-order valence-corrected chi connectivity index (χ4v) is 1.08. The van der Waals surface area contributed by atoms with E-state index < -0.39 is 18.0 Å². The smallest absolute Gasteiger partial charge is 0.309 e. The molecule has 0 saturated carbocycles. The summed E-state index contributed by atoms with van der Waals surface area (Å²) in [4.78, 5) is 10.6. The van der Waals surface area contributed by atoms with Crippen molar-refractivity contribution in [2.24, 2.45) is 11.8 Å². The van der Waals surface area contributed by atoms with Crippen molar-refractivity contribution >= 4 is 5.97 Å². The van der Waals surface area contributed by atoms with Gasteiger partial charge in [0.05, 0.1) is 12.0 Å². The van der Waals surface area contributed by atoms with Gasteiger partial charge in [-0.2, -0.15) is 0 Å². The van der Waals surface area contributed by atoms with Crippen LogP contribution in [0.3, 0.4) is 0 Å². The number of hydrogen-bond donors (Lipinski definition) is 2. The zero-order chi connectivity index (χ0) is 9.72. The molecule has 0 saturated heterocycles. The second-order valence-electron chi connectivity index (χ2n) is 3.66. The minimum absolute atomic E-state index is 0.491. The van der Waals surface area contributed by atoms with Crippen LogP contribution in [0.1, 0.15) is 33.6 Å². The van der Waals surface area contributed by atoms with E-state index in [1.807, 2.05) is 13.8 Å². The maximum Gasteiger partial charge on any atom is 0.309 e. The molecule has 2 N–H and O–H groups in total. The number of aliphatic hydroxyl groups is 1. The Balaban J connectivity index is 3.88. The van der Waals surface area contributed by atoms with E-state index in [0.29, 0.717) is 12.3 Å². The van der Waals surface area contributed by atoms with E-state index in [1.165, 1.54) is 6.92 Å². The van der Waals surface area contributed by atoms with Crippen LogP contribution in [0.15, 0.2) is 0 Å². The third kappa shape index (κ3) is 4.34. The molecule has 0 aromatic heterocycles. The number of rotatable bonds is 5. The Labute approximate surface area is 73.4 Å². The third-order valence-corrected chi connectivity index (χ3v) is 1.95. The quantitative estimate of drug-likeness (QED) is 0.664. The van der Waals surface area contributed by atoms with Gasteiger partial charge in [-0.3, -0.25) is 4.79 Å². The van der Waals surface area contributed by atoms with Crippen LogP contribution in [0, 0.1) is 11.8 Å². The van der Waals surface area contributed by atoms with Crippen LogP contribution in [-0.4, -0.2) is 22.3 Å². The highest BCUT2D eigenvalue weighted by molar-refractivity contribution is 5.70. The van der Waals surface area contributed by atoms with Crippen LogP contribution in [0.25, 0.3) is 0 Å². The molecule has 0 aliphatic heterocycles. The molecule has 0 amide bonds. The van der Waals surface area contributed by atoms with Crippen molar-refractivity contribution in [2.75, 3.05) is 0 Å². The molecule has 0 heterocycles. The van der Waals surface area contributed by atoms with Gasteiger partial charge in [-0.15, -0.1) is 0 Å². The summed E-state index contributed by atoms with van der Waals surface area (Å²) in [5.41, 5.74) is 0. The summed E-state index contributed by atoms with van der Waals surface area (Å²) < 4.78 is 0. The Morgan fingerprint density at radius 3 is 2.00 bits per heavy atom. The average Bonchev–Trinajstić information content (AvgIpc) is 1.84. The first-order valence-electron chi connectivity index (χ1n) is 4.36. The topological polar surface area (TPSA) is 57.5 Å². The van der Waals surface area contributed by atoms with Crippen molar-refractivity contribution in [1.82, 2.24) is 0 Å². The largest absolute Gasteiger partial charge is 0.481 e. The summed E-state index contributed by atoms with van der Waals surface area (Å²) >= 11 is 0. The molecule has 0 aromatic rings. The van der Waals surface area contributed by atoms with Crippen LogP contribution in [0.2, 0.25) is 0 Å². The molecule has 0 spiro atoms. The number of carboxylic acids is 1. The number of hydrogen-bond acceptors (Lipinski definition) is 2. The summed E-state index contributed by atoms with van der Waals surface area (Å²) in [6.45, 7) is 5.61. The van der Waals surface area contributed by atoms with Gasteiger partial charge in [0.25, 0.3) is 0 Å². The predicted octanol–water partition coefficient (Wildman–Crippen LogP) is 1.50. The first-order valence-corrected chi connectivity index (χ1v) is 4.36. The Kier molecular flexibility index (Phi) is 4.90. The van der Waals surface area contributed by atoms with Crippen molar-refractivity contribution in [1.29, 1.82) is 0 Å². The molecule has 2 atom stereocenters. The molecule has 0 rings (SSSR count). The molecule has 3 nitrogen and oxygen atoms in total. The molecule has 12 heavy (non-hydrogen) atoms. The highest BCUT2D eigenvalue weighted by atomic mass is 16.4. The summed E-state index contributed by atoms with van der Waals surface area (Å²) in [6.07, 6.45) is 0.660. The van der Waals surface area contributed by atoms with Gasteiger partial charge in [-0.05, 0) is 19.3 Å². The van der Waals surface area contributed by atoms with Crippen LogP contribution in [0.4, 0.5) is 0 Å². The molecule has 0 unspecified atom stereocenters.